The first-order valence-corrected chi connectivity index (χ1v) is 5.51. The number of carbonyl (C=O) groups is 2. The van der Waals surface area contributed by atoms with Crippen LogP contribution in [0.1, 0.15) is 11.1 Å². The van der Waals surface area contributed by atoms with Crippen LogP contribution in [-0.4, -0.2) is 30.0 Å². The minimum Gasteiger partial charge on any atom is -0.505 e. The highest BCUT2D eigenvalue weighted by atomic mass is 16.3. The van der Waals surface area contributed by atoms with Gasteiger partial charge in [-0.15, -0.1) is 0 Å². The van der Waals surface area contributed by atoms with E-state index in [2.05, 4.69) is 10.6 Å². The molecule has 6 nitrogen and oxygen atoms in total. The van der Waals surface area contributed by atoms with Crippen LogP contribution < -0.4 is 16.4 Å². The Labute approximate surface area is 105 Å². The number of aryl methyl sites for hydroxylation is 2. The molecule has 0 aliphatic carbocycles. The number of phenolic OH excluding ortho intramolecular Hbond substituents is 1. The highest BCUT2D eigenvalue weighted by Gasteiger charge is 2.09. The number of phenols is 1. The van der Waals surface area contributed by atoms with E-state index in [1.54, 1.807) is 19.1 Å². The van der Waals surface area contributed by atoms with Crippen molar-refractivity contribution in [3.8, 4) is 5.75 Å². The third-order valence-corrected chi connectivity index (χ3v) is 2.35. The zero-order chi connectivity index (χ0) is 13.7. The molecular formula is C12H17N3O3. The molecule has 0 heterocycles. The largest absolute Gasteiger partial charge is 0.505 e. The lowest BCUT2D eigenvalue weighted by Crippen LogP contribution is -2.36. The maximum absolute atomic E-state index is 11.5. The lowest BCUT2D eigenvalue weighted by atomic mass is 10.1. The average Bonchev–Trinajstić information content (AvgIpc) is 2.32. The van der Waals surface area contributed by atoms with Crippen LogP contribution in [0.25, 0.3) is 0 Å². The number of carbonyl (C=O) groups excluding carboxylic acids is 2. The molecule has 2 amide bonds. The number of rotatable bonds is 4. The summed E-state index contributed by atoms with van der Waals surface area (Å²) in [6.07, 6.45) is 0. The van der Waals surface area contributed by atoms with Crippen LogP contribution in [0.5, 0.6) is 5.75 Å². The molecule has 6 heteroatoms. The van der Waals surface area contributed by atoms with Gasteiger partial charge in [-0.25, -0.2) is 0 Å². The zero-order valence-electron chi connectivity index (χ0n) is 10.4. The van der Waals surface area contributed by atoms with Gasteiger partial charge >= 0.3 is 0 Å². The number of nitrogens with two attached hydrogens (primary N) is 1. The van der Waals surface area contributed by atoms with Crippen molar-refractivity contribution in [3.63, 3.8) is 0 Å². The molecule has 0 saturated heterocycles. The molecule has 1 aromatic carbocycles. The molecule has 0 atom stereocenters. The summed E-state index contributed by atoms with van der Waals surface area (Å²) in [5.74, 6) is -0.800. The number of benzene rings is 1. The molecule has 0 spiro atoms. The fourth-order valence-electron chi connectivity index (χ4n) is 1.50. The van der Waals surface area contributed by atoms with Gasteiger partial charge in [0.05, 0.1) is 18.8 Å². The molecule has 5 N–H and O–H groups in total. The predicted molar refractivity (Wildman–Crippen MR) is 68.3 cm³/mol. The molecular weight excluding hydrogens is 234 g/mol. The number of amides is 2. The third-order valence-electron chi connectivity index (χ3n) is 2.35. The van der Waals surface area contributed by atoms with Crippen LogP contribution in [0.4, 0.5) is 5.69 Å². The Morgan fingerprint density at radius 2 is 1.94 bits per heavy atom. The van der Waals surface area contributed by atoms with E-state index in [1.807, 2.05) is 6.92 Å². The molecule has 0 aliphatic heterocycles. The SMILES string of the molecule is Cc1cc(C)c(O)c(NC(=O)CNC(=O)CN)c1. The Kier molecular flexibility index (Phi) is 4.67. The summed E-state index contributed by atoms with van der Waals surface area (Å²) in [7, 11) is 0. The van der Waals surface area contributed by atoms with Gasteiger partial charge in [-0.1, -0.05) is 6.07 Å². The second-order valence-corrected chi connectivity index (χ2v) is 4.01. The highest BCUT2D eigenvalue weighted by Crippen LogP contribution is 2.28. The predicted octanol–water partition coefficient (Wildman–Crippen LogP) is 0.0224. The average molecular weight is 251 g/mol. The smallest absolute Gasteiger partial charge is 0.243 e. The standard InChI is InChI=1S/C12H17N3O3/c1-7-3-8(2)12(18)9(4-7)15-11(17)6-14-10(16)5-13/h3-4,18H,5-6,13H2,1-2H3,(H,14,16)(H,15,17). The summed E-state index contributed by atoms with van der Waals surface area (Å²) in [5.41, 5.74) is 7.02. The van der Waals surface area contributed by atoms with Crippen molar-refractivity contribution in [3.05, 3.63) is 23.3 Å². The van der Waals surface area contributed by atoms with Crippen molar-refractivity contribution in [2.75, 3.05) is 18.4 Å². The summed E-state index contributed by atoms with van der Waals surface area (Å²) < 4.78 is 0. The molecule has 1 aromatic rings. The topological polar surface area (TPSA) is 104 Å². The van der Waals surface area contributed by atoms with E-state index in [1.165, 1.54) is 0 Å². The Morgan fingerprint density at radius 3 is 2.56 bits per heavy atom. The van der Waals surface area contributed by atoms with Crippen LogP contribution in [0.2, 0.25) is 0 Å². The van der Waals surface area contributed by atoms with E-state index in [0.717, 1.165) is 5.56 Å². The van der Waals surface area contributed by atoms with E-state index in [4.69, 9.17) is 5.73 Å². The van der Waals surface area contributed by atoms with Gasteiger partial charge in [0.2, 0.25) is 11.8 Å². The summed E-state index contributed by atoms with van der Waals surface area (Å²) in [6, 6.07) is 3.46. The van der Waals surface area contributed by atoms with E-state index in [0.29, 0.717) is 11.3 Å². The van der Waals surface area contributed by atoms with Crippen LogP contribution in [0, 0.1) is 13.8 Å². The van der Waals surface area contributed by atoms with Crippen molar-refractivity contribution in [2.45, 2.75) is 13.8 Å². The molecule has 1 rings (SSSR count). The monoisotopic (exact) mass is 251 g/mol. The van der Waals surface area contributed by atoms with Gasteiger partial charge in [-0.05, 0) is 31.0 Å². The zero-order valence-corrected chi connectivity index (χ0v) is 10.4. The quantitative estimate of drug-likeness (QED) is 0.566. The van der Waals surface area contributed by atoms with Gasteiger partial charge in [0.15, 0.2) is 0 Å². The molecule has 0 aliphatic rings. The van der Waals surface area contributed by atoms with E-state index < -0.39 is 11.8 Å². The van der Waals surface area contributed by atoms with Crippen LogP contribution in [0.15, 0.2) is 12.1 Å². The van der Waals surface area contributed by atoms with Crippen molar-refractivity contribution >= 4 is 17.5 Å². The number of nitrogens with one attached hydrogen (secondary N) is 2. The Bertz CT molecular complexity index is 472. The summed E-state index contributed by atoms with van der Waals surface area (Å²) in [5, 5.41) is 14.6. The van der Waals surface area contributed by atoms with Gasteiger partial charge in [-0.2, -0.15) is 0 Å². The summed E-state index contributed by atoms with van der Waals surface area (Å²) in [4.78, 5) is 22.4. The van der Waals surface area contributed by atoms with E-state index in [-0.39, 0.29) is 18.8 Å². The molecule has 0 fully saturated rings. The lowest BCUT2D eigenvalue weighted by molar-refractivity contribution is -0.123. The number of anilines is 1. The Balaban J connectivity index is 2.67. The number of aromatic hydroxyl groups is 1. The molecule has 0 bridgehead atoms. The van der Waals surface area contributed by atoms with Crippen molar-refractivity contribution in [2.24, 2.45) is 5.73 Å². The maximum Gasteiger partial charge on any atom is 0.243 e. The van der Waals surface area contributed by atoms with Crippen molar-refractivity contribution < 1.29 is 14.7 Å². The van der Waals surface area contributed by atoms with Gasteiger partial charge < -0.3 is 21.5 Å². The van der Waals surface area contributed by atoms with Gasteiger partial charge in [0.1, 0.15) is 5.75 Å². The number of hydrogen-bond donors (Lipinski definition) is 4. The van der Waals surface area contributed by atoms with E-state index in [9.17, 15) is 14.7 Å². The van der Waals surface area contributed by atoms with Gasteiger partial charge in [-0.3, -0.25) is 9.59 Å². The van der Waals surface area contributed by atoms with E-state index >= 15 is 0 Å². The highest BCUT2D eigenvalue weighted by molar-refractivity contribution is 5.96. The lowest BCUT2D eigenvalue weighted by Gasteiger charge is -2.11. The molecule has 18 heavy (non-hydrogen) atoms. The number of hydrogen-bond acceptors (Lipinski definition) is 4. The summed E-state index contributed by atoms with van der Waals surface area (Å²) in [6.45, 7) is 3.26. The van der Waals surface area contributed by atoms with Crippen LogP contribution in [-0.2, 0) is 9.59 Å². The van der Waals surface area contributed by atoms with Gasteiger partial charge in [0, 0.05) is 0 Å². The van der Waals surface area contributed by atoms with Crippen LogP contribution >= 0.6 is 0 Å². The fraction of sp³-hybridized carbons (Fsp3) is 0.333. The fourth-order valence-corrected chi connectivity index (χ4v) is 1.50. The molecule has 98 valence electrons. The molecule has 0 radical (unpaired) electrons. The first-order valence-electron chi connectivity index (χ1n) is 5.51. The Morgan fingerprint density at radius 1 is 1.28 bits per heavy atom. The van der Waals surface area contributed by atoms with Crippen molar-refractivity contribution in [1.82, 2.24) is 5.32 Å². The maximum atomic E-state index is 11.5. The van der Waals surface area contributed by atoms with Gasteiger partial charge in [0.25, 0.3) is 0 Å². The summed E-state index contributed by atoms with van der Waals surface area (Å²) >= 11 is 0. The first-order chi connectivity index (χ1) is 8.43. The molecule has 0 aromatic heterocycles. The minimum atomic E-state index is -0.419. The molecule has 0 saturated carbocycles. The second kappa shape index (κ2) is 6.02. The van der Waals surface area contributed by atoms with Crippen molar-refractivity contribution in [1.29, 1.82) is 0 Å². The minimum absolute atomic E-state index is 0.0269. The second-order valence-electron chi connectivity index (χ2n) is 4.01. The third kappa shape index (κ3) is 3.74. The Hall–Kier alpha value is -2.08. The first kappa shape index (κ1) is 14.0. The molecule has 0 unspecified atom stereocenters. The van der Waals surface area contributed by atoms with Crippen LogP contribution in [0.3, 0.4) is 0 Å². The normalized spacial score (nSPS) is 9.94.